The number of para-hydroxylation sites is 1. The Morgan fingerprint density at radius 2 is 1.92 bits per heavy atom. The molecule has 26 heavy (non-hydrogen) atoms. The molecule has 3 atom stereocenters. The lowest BCUT2D eigenvalue weighted by molar-refractivity contribution is -0.137. The first-order chi connectivity index (χ1) is 12.3. The molecule has 3 nitrogen and oxygen atoms in total. The van der Waals surface area contributed by atoms with E-state index >= 15 is 0 Å². The summed E-state index contributed by atoms with van der Waals surface area (Å²) in [6, 6.07) is 10.6. The van der Waals surface area contributed by atoms with E-state index < -0.39 is 17.8 Å². The first-order valence-corrected chi connectivity index (χ1v) is 8.40. The van der Waals surface area contributed by atoms with E-state index in [-0.39, 0.29) is 11.8 Å². The molecule has 0 bridgehead atoms. The van der Waals surface area contributed by atoms with Crippen LogP contribution >= 0.6 is 0 Å². The fourth-order valence-electron chi connectivity index (χ4n) is 3.59. The summed E-state index contributed by atoms with van der Waals surface area (Å²) in [5.41, 5.74) is 1.32. The second-order valence-corrected chi connectivity index (χ2v) is 6.59. The maximum absolute atomic E-state index is 13.1. The van der Waals surface area contributed by atoms with Gasteiger partial charge >= 0.3 is 6.18 Å². The number of nitrogens with one attached hydrogen (secondary N) is 1. The van der Waals surface area contributed by atoms with Crippen LogP contribution in [0.5, 0.6) is 5.75 Å². The van der Waals surface area contributed by atoms with Crippen LogP contribution in [0, 0.1) is 5.92 Å². The molecule has 1 N–H and O–H groups in total. The third-order valence-electron chi connectivity index (χ3n) is 5.08. The Kier molecular flexibility index (Phi) is 4.94. The zero-order valence-corrected chi connectivity index (χ0v) is 14.5. The van der Waals surface area contributed by atoms with Gasteiger partial charge in [-0.25, -0.2) is 0 Å². The monoisotopic (exact) mass is 363 g/mol. The van der Waals surface area contributed by atoms with Gasteiger partial charge in [0.1, 0.15) is 12.0 Å². The van der Waals surface area contributed by atoms with Crippen LogP contribution < -0.4 is 10.1 Å². The van der Waals surface area contributed by atoms with Gasteiger partial charge in [-0.05, 0) is 53.6 Å². The Morgan fingerprint density at radius 1 is 1.19 bits per heavy atom. The lowest BCUT2D eigenvalue weighted by Gasteiger charge is -2.27. The second-order valence-electron chi connectivity index (χ2n) is 6.59. The molecule has 3 rings (SSSR count). The van der Waals surface area contributed by atoms with E-state index in [1.54, 1.807) is 7.11 Å². The summed E-state index contributed by atoms with van der Waals surface area (Å²) in [5.74, 6) is 0.397. The number of halogens is 3. The molecule has 0 saturated heterocycles. The van der Waals surface area contributed by atoms with Crippen molar-refractivity contribution in [3.63, 3.8) is 0 Å². The van der Waals surface area contributed by atoms with Crippen LogP contribution in [-0.4, -0.2) is 19.4 Å². The van der Waals surface area contributed by atoms with Crippen molar-refractivity contribution in [3.8, 4) is 5.75 Å². The molecule has 0 fully saturated rings. The van der Waals surface area contributed by atoms with E-state index in [1.807, 2.05) is 31.2 Å². The summed E-state index contributed by atoms with van der Waals surface area (Å²) in [4.78, 5) is 11.6. The predicted octanol–water partition coefficient (Wildman–Crippen LogP) is 4.67. The Labute approximate surface area is 150 Å². The molecule has 0 amide bonds. The summed E-state index contributed by atoms with van der Waals surface area (Å²) in [5, 5.41) is 3.10. The first-order valence-electron chi connectivity index (χ1n) is 8.40. The maximum Gasteiger partial charge on any atom is 0.416 e. The Balaban J connectivity index is 2.10. The molecule has 0 spiro atoms. The van der Waals surface area contributed by atoms with Gasteiger partial charge in [-0.3, -0.25) is 0 Å². The van der Waals surface area contributed by atoms with Crippen LogP contribution in [0.3, 0.4) is 0 Å². The second kappa shape index (κ2) is 7.02. The average Bonchev–Trinajstić information content (AvgIpc) is 2.76. The van der Waals surface area contributed by atoms with E-state index in [0.29, 0.717) is 23.4 Å². The van der Waals surface area contributed by atoms with Gasteiger partial charge in [0.05, 0.1) is 18.7 Å². The number of fused-ring (bicyclic) bond motifs is 1. The zero-order chi connectivity index (χ0) is 18.9. The Hall–Kier alpha value is -2.50. The summed E-state index contributed by atoms with van der Waals surface area (Å²) in [6.45, 7) is 1.93. The summed E-state index contributed by atoms with van der Waals surface area (Å²) < 4.78 is 44.8. The maximum atomic E-state index is 13.1. The molecule has 1 heterocycles. The zero-order valence-electron chi connectivity index (χ0n) is 14.5. The first kappa shape index (κ1) is 18.3. The van der Waals surface area contributed by atoms with Gasteiger partial charge in [-0.1, -0.05) is 25.1 Å². The summed E-state index contributed by atoms with van der Waals surface area (Å²) in [6.07, 6.45) is -3.20. The quantitative estimate of drug-likeness (QED) is 0.806. The van der Waals surface area contributed by atoms with E-state index in [4.69, 9.17) is 4.74 Å². The lowest BCUT2D eigenvalue weighted by Crippen LogP contribution is -2.31. The van der Waals surface area contributed by atoms with Crippen molar-refractivity contribution in [2.75, 3.05) is 12.4 Å². The van der Waals surface area contributed by atoms with Crippen LogP contribution in [0.1, 0.15) is 29.5 Å². The van der Waals surface area contributed by atoms with Crippen LogP contribution in [0.15, 0.2) is 42.5 Å². The molecule has 2 aromatic carbocycles. The predicted molar refractivity (Wildman–Crippen MR) is 93.5 cm³/mol. The molecule has 0 saturated carbocycles. The van der Waals surface area contributed by atoms with Gasteiger partial charge < -0.3 is 14.8 Å². The molecule has 0 radical (unpaired) electrons. The number of hydrogen-bond donors (Lipinski definition) is 1. The highest BCUT2D eigenvalue weighted by atomic mass is 19.4. The molecular weight excluding hydrogens is 343 g/mol. The van der Waals surface area contributed by atoms with Crippen molar-refractivity contribution >= 4 is 12.0 Å². The SMILES string of the molecule is COc1ccccc1C1Cc2cc(C(F)(F)F)ccc2NC(C=O)C1C. The fourth-order valence-corrected chi connectivity index (χ4v) is 3.59. The topological polar surface area (TPSA) is 38.3 Å². The summed E-state index contributed by atoms with van der Waals surface area (Å²) >= 11 is 0. The molecular formula is C20H20F3NO2. The van der Waals surface area contributed by atoms with Crippen molar-refractivity contribution in [1.29, 1.82) is 0 Å². The number of rotatable bonds is 3. The van der Waals surface area contributed by atoms with Gasteiger partial charge in [0, 0.05) is 5.69 Å². The van der Waals surface area contributed by atoms with Crippen molar-refractivity contribution in [2.24, 2.45) is 5.92 Å². The smallest absolute Gasteiger partial charge is 0.416 e. The molecule has 0 aliphatic carbocycles. The highest BCUT2D eigenvalue weighted by Gasteiger charge is 2.35. The third kappa shape index (κ3) is 3.41. The number of carbonyl (C=O) groups is 1. The van der Waals surface area contributed by atoms with Crippen LogP contribution in [0.2, 0.25) is 0 Å². The molecule has 1 aliphatic rings. The van der Waals surface area contributed by atoms with E-state index in [0.717, 1.165) is 17.9 Å². The highest BCUT2D eigenvalue weighted by molar-refractivity contribution is 5.68. The van der Waals surface area contributed by atoms with Crippen molar-refractivity contribution < 1.29 is 22.7 Å². The third-order valence-corrected chi connectivity index (χ3v) is 5.08. The normalized spacial score (nSPS) is 22.7. The van der Waals surface area contributed by atoms with Crippen LogP contribution in [-0.2, 0) is 17.4 Å². The molecule has 1 aliphatic heterocycles. The fraction of sp³-hybridized carbons (Fsp3) is 0.350. The van der Waals surface area contributed by atoms with Gasteiger partial charge in [-0.2, -0.15) is 13.2 Å². The van der Waals surface area contributed by atoms with Gasteiger partial charge in [0.25, 0.3) is 0 Å². The van der Waals surface area contributed by atoms with Crippen molar-refractivity contribution in [2.45, 2.75) is 31.5 Å². The molecule has 138 valence electrons. The van der Waals surface area contributed by atoms with Gasteiger partial charge in [-0.15, -0.1) is 0 Å². The van der Waals surface area contributed by atoms with Crippen molar-refractivity contribution in [1.82, 2.24) is 0 Å². The largest absolute Gasteiger partial charge is 0.496 e. The van der Waals surface area contributed by atoms with E-state index in [2.05, 4.69) is 5.32 Å². The molecule has 2 aromatic rings. The number of anilines is 1. The van der Waals surface area contributed by atoms with Gasteiger partial charge in [0.2, 0.25) is 0 Å². The Morgan fingerprint density at radius 3 is 2.58 bits per heavy atom. The lowest BCUT2D eigenvalue weighted by atomic mass is 9.80. The Bertz CT molecular complexity index is 804. The highest BCUT2D eigenvalue weighted by Crippen LogP contribution is 2.41. The van der Waals surface area contributed by atoms with Crippen molar-refractivity contribution in [3.05, 3.63) is 59.2 Å². The van der Waals surface area contributed by atoms with Gasteiger partial charge in [0.15, 0.2) is 0 Å². The van der Waals surface area contributed by atoms with Crippen LogP contribution in [0.4, 0.5) is 18.9 Å². The minimum atomic E-state index is -4.41. The number of carbonyl (C=O) groups excluding carboxylic acids is 1. The summed E-state index contributed by atoms with van der Waals surface area (Å²) in [7, 11) is 1.56. The molecule has 3 unspecified atom stereocenters. The number of methoxy groups -OCH3 is 1. The number of aldehydes is 1. The minimum absolute atomic E-state index is 0.120. The number of alkyl halides is 3. The van der Waals surface area contributed by atoms with Crippen LogP contribution in [0.25, 0.3) is 0 Å². The number of benzene rings is 2. The minimum Gasteiger partial charge on any atom is -0.496 e. The number of hydrogen-bond acceptors (Lipinski definition) is 3. The molecule has 6 heteroatoms. The average molecular weight is 363 g/mol. The standard InChI is InChI=1S/C20H20F3NO2/c1-12-16(15-5-3-4-6-19(15)26-2)10-13-9-14(20(21,22)23)7-8-17(13)24-18(12)11-25/h3-9,11-12,16,18,24H,10H2,1-2H3. The van der Waals surface area contributed by atoms with E-state index in [9.17, 15) is 18.0 Å². The number of ether oxygens (including phenoxy) is 1. The molecule has 0 aromatic heterocycles. The van der Waals surface area contributed by atoms with E-state index in [1.165, 1.54) is 12.1 Å².